The molecule has 0 aliphatic carbocycles. The molecule has 5 heavy (non-hydrogen) atoms. The summed E-state index contributed by atoms with van der Waals surface area (Å²) < 4.78 is 0. The van der Waals surface area contributed by atoms with E-state index in [1.54, 1.807) is 0 Å². The fraction of sp³-hybridized carbons (Fsp3) is 0.667. The van der Waals surface area contributed by atoms with Crippen LogP contribution < -0.4 is 5.73 Å². The molecule has 0 saturated carbocycles. The molecule has 0 rings (SSSR count). The predicted octanol–water partition coefficient (Wildman–Crippen LogP) is 0.167. The van der Waals surface area contributed by atoms with Crippen molar-refractivity contribution < 1.29 is 17.1 Å². The van der Waals surface area contributed by atoms with Gasteiger partial charge in [-0.2, -0.15) is 6.42 Å². The molecule has 0 unspecified atom stereocenters. The molecule has 2 heteroatoms. The van der Waals surface area contributed by atoms with Gasteiger partial charge in [0.05, 0.1) is 0 Å². The standard InChI is InChI=1S/C3H8N.Fe/c1-2-3-4;/h1-4H2;/q-1;. The summed E-state index contributed by atoms with van der Waals surface area (Å²) in [5.74, 6) is 0. The maximum Gasteiger partial charge on any atom is 0 e. The van der Waals surface area contributed by atoms with Crippen LogP contribution in [-0.2, 0) is 17.1 Å². The molecule has 0 amide bonds. The SMILES string of the molecule is [CH2-]CCN.[Fe]. The summed E-state index contributed by atoms with van der Waals surface area (Å²) in [6.07, 6.45) is 0.847. The van der Waals surface area contributed by atoms with Crippen molar-refractivity contribution in [3.63, 3.8) is 0 Å². The van der Waals surface area contributed by atoms with Crippen LogP contribution in [0.15, 0.2) is 0 Å². The van der Waals surface area contributed by atoms with E-state index in [1.165, 1.54) is 0 Å². The second-order valence-electron chi connectivity index (χ2n) is 0.642. The minimum Gasteiger partial charge on any atom is -0.342 e. The maximum absolute atomic E-state index is 4.97. The zero-order chi connectivity index (χ0) is 3.41. The van der Waals surface area contributed by atoms with Crippen LogP contribution in [-0.4, -0.2) is 6.54 Å². The summed E-state index contributed by atoms with van der Waals surface area (Å²) in [7, 11) is 0. The molecule has 0 aromatic rings. The Kier molecular flexibility index (Phi) is 16.0. The van der Waals surface area contributed by atoms with Crippen LogP contribution in [0.25, 0.3) is 0 Å². The molecule has 0 spiro atoms. The third-order valence-electron chi connectivity index (χ3n) is 0.204. The van der Waals surface area contributed by atoms with Crippen molar-refractivity contribution in [1.82, 2.24) is 0 Å². The minimum absolute atomic E-state index is 0. The van der Waals surface area contributed by atoms with Gasteiger partial charge in [-0.25, -0.2) is 0 Å². The minimum atomic E-state index is 0. The van der Waals surface area contributed by atoms with E-state index in [0.29, 0.717) is 6.54 Å². The van der Waals surface area contributed by atoms with Gasteiger partial charge in [-0.15, -0.1) is 0 Å². The summed E-state index contributed by atoms with van der Waals surface area (Å²) >= 11 is 0. The van der Waals surface area contributed by atoms with Crippen LogP contribution in [0.2, 0.25) is 0 Å². The van der Waals surface area contributed by atoms with Gasteiger partial charge in [-0.05, 0) is 6.54 Å². The fourth-order valence-corrected chi connectivity index (χ4v) is 0. The molecule has 0 fully saturated rings. The van der Waals surface area contributed by atoms with Crippen molar-refractivity contribution >= 4 is 0 Å². The zero-order valence-electron chi connectivity index (χ0n) is 3.05. The summed E-state index contributed by atoms with van der Waals surface area (Å²) in [6, 6.07) is 0. The number of hydrogen-bond donors (Lipinski definition) is 1. The predicted molar refractivity (Wildman–Crippen MR) is 19.0 cm³/mol. The van der Waals surface area contributed by atoms with Crippen LogP contribution in [0.4, 0.5) is 0 Å². The molecule has 0 heterocycles. The first-order valence-electron chi connectivity index (χ1n) is 1.41. The molecule has 0 atom stereocenters. The van der Waals surface area contributed by atoms with Crippen LogP contribution in [0.3, 0.4) is 0 Å². The maximum atomic E-state index is 4.97. The van der Waals surface area contributed by atoms with Crippen LogP contribution >= 0.6 is 0 Å². The first-order valence-corrected chi connectivity index (χ1v) is 1.41. The summed E-state index contributed by atoms with van der Waals surface area (Å²) in [5.41, 5.74) is 4.97. The van der Waals surface area contributed by atoms with Gasteiger partial charge < -0.3 is 12.7 Å². The molecular formula is C3H8FeN-. The number of hydrogen-bond acceptors (Lipinski definition) is 1. The smallest absolute Gasteiger partial charge is 0 e. The zero-order valence-corrected chi connectivity index (χ0v) is 4.16. The van der Waals surface area contributed by atoms with E-state index in [2.05, 4.69) is 6.92 Å². The van der Waals surface area contributed by atoms with Gasteiger partial charge in [0, 0.05) is 17.1 Å². The quantitative estimate of drug-likeness (QED) is 0.381. The molecule has 2 N–H and O–H groups in total. The van der Waals surface area contributed by atoms with Crippen LogP contribution in [0, 0.1) is 6.92 Å². The van der Waals surface area contributed by atoms with E-state index in [-0.39, 0.29) is 17.1 Å². The second kappa shape index (κ2) is 8.82. The fourth-order valence-electron chi connectivity index (χ4n) is 0. The monoisotopic (exact) mass is 114 g/mol. The average Bonchev–Trinajstić information content (AvgIpc) is 1.37. The molecule has 0 saturated heterocycles. The van der Waals surface area contributed by atoms with E-state index in [1.807, 2.05) is 0 Å². The molecule has 1 nitrogen and oxygen atoms in total. The van der Waals surface area contributed by atoms with E-state index in [4.69, 9.17) is 5.73 Å². The van der Waals surface area contributed by atoms with Gasteiger partial charge in [0.25, 0.3) is 0 Å². The molecule has 0 aliphatic rings. The van der Waals surface area contributed by atoms with E-state index < -0.39 is 0 Å². The Morgan fingerprint density at radius 1 is 1.60 bits per heavy atom. The summed E-state index contributed by atoms with van der Waals surface area (Å²) in [6.45, 7) is 4.19. The van der Waals surface area contributed by atoms with Crippen LogP contribution in [0.5, 0.6) is 0 Å². The van der Waals surface area contributed by atoms with Gasteiger partial charge in [0.1, 0.15) is 0 Å². The Morgan fingerprint density at radius 3 is 1.80 bits per heavy atom. The van der Waals surface area contributed by atoms with Crippen molar-refractivity contribution in [2.75, 3.05) is 6.54 Å². The van der Waals surface area contributed by atoms with Crippen molar-refractivity contribution in [2.24, 2.45) is 5.73 Å². The van der Waals surface area contributed by atoms with Crippen molar-refractivity contribution in [1.29, 1.82) is 0 Å². The Labute approximate surface area is 43.4 Å². The van der Waals surface area contributed by atoms with Gasteiger partial charge in [-0.3, -0.25) is 0 Å². The third kappa shape index (κ3) is 12.6. The molecule has 0 aromatic carbocycles. The molecule has 0 bridgehead atoms. The van der Waals surface area contributed by atoms with Crippen molar-refractivity contribution in [3.05, 3.63) is 6.92 Å². The summed E-state index contributed by atoms with van der Waals surface area (Å²) in [4.78, 5) is 0. The second-order valence-corrected chi connectivity index (χ2v) is 0.642. The first-order chi connectivity index (χ1) is 1.91. The normalized spacial score (nSPS) is 6.00. The third-order valence-corrected chi connectivity index (χ3v) is 0.204. The molecular weight excluding hydrogens is 106 g/mol. The number of nitrogens with two attached hydrogens (primary N) is 1. The van der Waals surface area contributed by atoms with Gasteiger partial charge in [0.15, 0.2) is 0 Å². The van der Waals surface area contributed by atoms with Gasteiger partial charge in [0.2, 0.25) is 0 Å². The largest absolute Gasteiger partial charge is 0.342 e. The first kappa shape index (κ1) is 9.08. The number of rotatable bonds is 1. The van der Waals surface area contributed by atoms with Crippen molar-refractivity contribution in [3.8, 4) is 0 Å². The van der Waals surface area contributed by atoms with E-state index in [0.717, 1.165) is 6.42 Å². The van der Waals surface area contributed by atoms with Crippen LogP contribution in [0.1, 0.15) is 6.42 Å². The van der Waals surface area contributed by atoms with E-state index >= 15 is 0 Å². The molecule has 34 valence electrons. The Morgan fingerprint density at radius 2 is 1.80 bits per heavy atom. The van der Waals surface area contributed by atoms with Gasteiger partial charge in [-0.1, -0.05) is 0 Å². The Bertz CT molecular complexity index is 8.85. The topological polar surface area (TPSA) is 26.0 Å². The average molecular weight is 114 g/mol. The molecule has 0 aliphatic heterocycles. The summed E-state index contributed by atoms with van der Waals surface area (Å²) in [5, 5.41) is 0. The van der Waals surface area contributed by atoms with Gasteiger partial charge >= 0.3 is 0 Å². The molecule has 0 aromatic heterocycles. The Hall–Kier alpha value is 0.479. The Balaban J connectivity index is 0. The van der Waals surface area contributed by atoms with E-state index in [9.17, 15) is 0 Å². The molecule has 0 radical (unpaired) electrons. The van der Waals surface area contributed by atoms with Crippen molar-refractivity contribution in [2.45, 2.75) is 6.42 Å².